The SMILES string of the molecule is C=C(C)CNC1(c2ccccc2)CCOCC1. The lowest BCUT2D eigenvalue weighted by molar-refractivity contribution is 0.0378. The minimum Gasteiger partial charge on any atom is -0.381 e. The molecule has 1 saturated heterocycles. The van der Waals surface area contributed by atoms with Gasteiger partial charge in [-0.1, -0.05) is 42.5 Å². The summed E-state index contributed by atoms with van der Waals surface area (Å²) in [5.74, 6) is 0. The molecule has 0 aliphatic carbocycles. The molecule has 0 aromatic heterocycles. The van der Waals surface area contributed by atoms with Crippen molar-refractivity contribution >= 4 is 0 Å². The molecule has 17 heavy (non-hydrogen) atoms. The Morgan fingerprint density at radius 3 is 2.53 bits per heavy atom. The second kappa shape index (κ2) is 5.48. The standard InChI is InChI=1S/C15H21NO/c1-13(2)12-16-15(8-10-17-11-9-15)14-6-4-3-5-7-14/h3-7,16H,1,8-12H2,2H3. The average molecular weight is 231 g/mol. The number of hydrogen-bond donors (Lipinski definition) is 1. The van der Waals surface area contributed by atoms with Gasteiger partial charge in [-0.3, -0.25) is 0 Å². The van der Waals surface area contributed by atoms with Gasteiger partial charge in [0.1, 0.15) is 0 Å². The van der Waals surface area contributed by atoms with Crippen molar-refractivity contribution in [3.63, 3.8) is 0 Å². The maximum absolute atomic E-state index is 5.49. The Bertz CT molecular complexity index is 366. The van der Waals surface area contributed by atoms with Crippen LogP contribution in [-0.4, -0.2) is 19.8 Å². The first kappa shape index (κ1) is 12.3. The monoisotopic (exact) mass is 231 g/mol. The zero-order valence-corrected chi connectivity index (χ0v) is 10.5. The molecule has 2 nitrogen and oxygen atoms in total. The quantitative estimate of drug-likeness (QED) is 0.805. The molecule has 1 fully saturated rings. The van der Waals surface area contributed by atoms with Gasteiger partial charge in [-0.2, -0.15) is 0 Å². The lowest BCUT2D eigenvalue weighted by atomic mass is 9.82. The number of hydrogen-bond acceptors (Lipinski definition) is 2. The molecule has 1 aliphatic rings. The molecule has 0 bridgehead atoms. The van der Waals surface area contributed by atoms with Crippen LogP contribution in [-0.2, 0) is 10.3 Å². The lowest BCUT2D eigenvalue weighted by Crippen LogP contribution is -2.47. The maximum Gasteiger partial charge on any atom is 0.0486 e. The molecule has 92 valence electrons. The van der Waals surface area contributed by atoms with Crippen LogP contribution in [0.5, 0.6) is 0 Å². The largest absolute Gasteiger partial charge is 0.381 e. The molecular formula is C15H21NO. The Morgan fingerprint density at radius 1 is 1.29 bits per heavy atom. The molecule has 0 saturated carbocycles. The second-order valence-electron chi connectivity index (χ2n) is 4.87. The Kier molecular flexibility index (Phi) is 3.97. The van der Waals surface area contributed by atoms with Crippen LogP contribution in [0.15, 0.2) is 42.5 Å². The topological polar surface area (TPSA) is 21.3 Å². The molecule has 1 aromatic rings. The van der Waals surface area contributed by atoms with Crippen molar-refractivity contribution in [2.45, 2.75) is 25.3 Å². The van der Waals surface area contributed by atoms with Gasteiger partial charge in [0, 0.05) is 25.3 Å². The molecule has 2 rings (SSSR count). The van der Waals surface area contributed by atoms with Gasteiger partial charge in [0.2, 0.25) is 0 Å². The minimum absolute atomic E-state index is 0.0679. The molecule has 0 radical (unpaired) electrons. The van der Waals surface area contributed by atoms with Crippen LogP contribution in [0, 0.1) is 0 Å². The zero-order chi connectivity index (χ0) is 12.1. The molecule has 1 aliphatic heterocycles. The third kappa shape index (κ3) is 2.96. The first-order valence-electron chi connectivity index (χ1n) is 6.26. The highest BCUT2D eigenvalue weighted by Gasteiger charge is 2.33. The van der Waals surface area contributed by atoms with E-state index in [0.29, 0.717) is 0 Å². The van der Waals surface area contributed by atoms with Gasteiger partial charge in [0.15, 0.2) is 0 Å². The first-order valence-corrected chi connectivity index (χ1v) is 6.26. The molecule has 1 aromatic carbocycles. The van der Waals surface area contributed by atoms with Gasteiger partial charge in [-0.05, 0) is 25.3 Å². The van der Waals surface area contributed by atoms with Crippen LogP contribution >= 0.6 is 0 Å². The fourth-order valence-electron chi connectivity index (χ4n) is 2.36. The summed E-state index contributed by atoms with van der Waals surface area (Å²) in [7, 11) is 0. The maximum atomic E-state index is 5.49. The van der Waals surface area contributed by atoms with Crippen molar-refractivity contribution in [3.05, 3.63) is 48.0 Å². The number of benzene rings is 1. The summed E-state index contributed by atoms with van der Waals surface area (Å²) in [5, 5.41) is 3.67. The van der Waals surface area contributed by atoms with Gasteiger partial charge < -0.3 is 10.1 Å². The fourth-order valence-corrected chi connectivity index (χ4v) is 2.36. The fraction of sp³-hybridized carbons (Fsp3) is 0.467. The van der Waals surface area contributed by atoms with Crippen molar-refractivity contribution in [1.29, 1.82) is 0 Å². The third-order valence-electron chi connectivity index (χ3n) is 3.40. The predicted octanol–water partition coefficient (Wildman–Crippen LogP) is 2.86. The molecule has 0 spiro atoms. The van der Waals surface area contributed by atoms with Gasteiger partial charge in [-0.15, -0.1) is 0 Å². The third-order valence-corrected chi connectivity index (χ3v) is 3.40. The van der Waals surface area contributed by atoms with Crippen molar-refractivity contribution in [2.75, 3.05) is 19.8 Å². The van der Waals surface area contributed by atoms with Gasteiger partial charge in [0.25, 0.3) is 0 Å². The Balaban J connectivity index is 2.20. The molecule has 0 atom stereocenters. The van der Waals surface area contributed by atoms with Crippen molar-refractivity contribution in [3.8, 4) is 0 Å². The Labute approximate surface area is 104 Å². The Morgan fingerprint density at radius 2 is 1.94 bits per heavy atom. The number of ether oxygens (including phenoxy) is 1. The molecule has 2 heteroatoms. The molecule has 0 amide bonds. The van der Waals surface area contributed by atoms with Crippen LogP contribution < -0.4 is 5.32 Å². The minimum atomic E-state index is 0.0679. The number of nitrogens with one attached hydrogen (secondary N) is 1. The normalized spacial score (nSPS) is 18.9. The first-order chi connectivity index (χ1) is 8.23. The van der Waals surface area contributed by atoms with E-state index < -0.39 is 0 Å². The highest BCUT2D eigenvalue weighted by Crippen LogP contribution is 2.31. The van der Waals surface area contributed by atoms with E-state index in [1.165, 1.54) is 11.1 Å². The van der Waals surface area contributed by atoms with Crippen LogP contribution in [0.3, 0.4) is 0 Å². The molecule has 1 heterocycles. The van der Waals surface area contributed by atoms with E-state index in [9.17, 15) is 0 Å². The Hall–Kier alpha value is -1.12. The van der Waals surface area contributed by atoms with Crippen LogP contribution in [0.2, 0.25) is 0 Å². The van der Waals surface area contributed by atoms with Gasteiger partial charge in [-0.25, -0.2) is 0 Å². The summed E-state index contributed by atoms with van der Waals surface area (Å²) in [4.78, 5) is 0. The summed E-state index contributed by atoms with van der Waals surface area (Å²) in [6.07, 6.45) is 2.06. The molecule has 0 unspecified atom stereocenters. The van der Waals surface area contributed by atoms with Crippen molar-refractivity contribution < 1.29 is 4.74 Å². The second-order valence-corrected chi connectivity index (χ2v) is 4.87. The van der Waals surface area contributed by atoms with Gasteiger partial charge >= 0.3 is 0 Å². The predicted molar refractivity (Wildman–Crippen MR) is 71.0 cm³/mol. The van der Waals surface area contributed by atoms with Crippen molar-refractivity contribution in [2.24, 2.45) is 0 Å². The van der Waals surface area contributed by atoms with Gasteiger partial charge in [0.05, 0.1) is 0 Å². The summed E-state index contributed by atoms with van der Waals surface area (Å²) in [6, 6.07) is 10.7. The van der Waals surface area contributed by atoms with Crippen LogP contribution in [0.25, 0.3) is 0 Å². The van der Waals surface area contributed by atoms with Crippen LogP contribution in [0.1, 0.15) is 25.3 Å². The van der Waals surface area contributed by atoms with E-state index in [-0.39, 0.29) is 5.54 Å². The molecular weight excluding hydrogens is 210 g/mol. The van der Waals surface area contributed by atoms with E-state index in [4.69, 9.17) is 4.74 Å². The molecule has 1 N–H and O–H groups in total. The smallest absolute Gasteiger partial charge is 0.0486 e. The summed E-state index contributed by atoms with van der Waals surface area (Å²) in [5.41, 5.74) is 2.61. The lowest BCUT2D eigenvalue weighted by Gasteiger charge is -2.39. The summed E-state index contributed by atoms with van der Waals surface area (Å²) >= 11 is 0. The van der Waals surface area contributed by atoms with E-state index >= 15 is 0 Å². The summed E-state index contributed by atoms with van der Waals surface area (Å²) in [6.45, 7) is 8.56. The zero-order valence-electron chi connectivity index (χ0n) is 10.5. The summed E-state index contributed by atoms with van der Waals surface area (Å²) < 4.78 is 5.49. The van der Waals surface area contributed by atoms with E-state index in [1.807, 2.05) is 0 Å². The van der Waals surface area contributed by atoms with E-state index in [1.54, 1.807) is 0 Å². The number of rotatable bonds is 4. The van der Waals surface area contributed by atoms with E-state index in [0.717, 1.165) is 32.6 Å². The van der Waals surface area contributed by atoms with E-state index in [2.05, 4.69) is 49.2 Å². The highest BCUT2D eigenvalue weighted by atomic mass is 16.5. The van der Waals surface area contributed by atoms with Crippen LogP contribution in [0.4, 0.5) is 0 Å². The van der Waals surface area contributed by atoms with Crippen molar-refractivity contribution in [1.82, 2.24) is 5.32 Å². The highest BCUT2D eigenvalue weighted by molar-refractivity contribution is 5.25. The average Bonchev–Trinajstić information content (AvgIpc) is 2.39.